The van der Waals surface area contributed by atoms with Crippen LogP contribution in [0, 0.1) is 6.92 Å². The fourth-order valence-electron chi connectivity index (χ4n) is 5.04. The second-order valence-corrected chi connectivity index (χ2v) is 12.6. The molecule has 0 saturated carbocycles. The Balaban J connectivity index is 1.30. The Hall–Kier alpha value is -5.55. The van der Waals surface area contributed by atoms with Gasteiger partial charge in [-0.1, -0.05) is 81.9 Å². The number of aromatic nitrogens is 2. The molecule has 0 bridgehead atoms. The molecule has 1 aromatic heterocycles. The predicted molar refractivity (Wildman–Crippen MR) is 193 cm³/mol. The first-order chi connectivity index (χ1) is 23.6. The van der Waals surface area contributed by atoms with E-state index in [-0.39, 0.29) is 17.9 Å². The molecule has 5 rings (SSSR count). The Labute approximate surface area is 288 Å². The summed E-state index contributed by atoms with van der Waals surface area (Å²) in [7, 11) is 0. The first-order valence-electron chi connectivity index (χ1n) is 16.3. The molecule has 256 valence electrons. The number of anilines is 1. The fraction of sp³-hybridized carbons (Fsp3) is 0.289. The summed E-state index contributed by atoms with van der Waals surface area (Å²) in [5.74, 6) is 2.62. The SMILES string of the molecule is C=C(/N=C(\C=C/N)Oc1ccccc1CNC(=O)Nc1cc(C(C)(C)C)nn1-c1ccc(C)c(OCc2ccccc2)c1)N1CCOCC1. The van der Waals surface area contributed by atoms with Gasteiger partial charge in [0.25, 0.3) is 0 Å². The third-order valence-electron chi connectivity index (χ3n) is 7.85. The topological polar surface area (TPSA) is 128 Å². The lowest BCUT2D eigenvalue weighted by atomic mass is 9.92. The standard InChI is InChI=1S/C38H45N7O4/c1-27-15-16-31(23-33(27)48-26-29-11-7-6-8-12-29)45-35(24-34(43-45)38(3,4)5)42-37(46)40-25-30-13-9-10-14-32(30)49-36(17-18-39)41-28(2)44-19-21-47-22-20-44/h6-18,23-24H,2,19-22,25-26,39H2,1,3-5H3,(H2,40,42,46)/b18-17-,41-36+. The van der Waals surface area contributed by atoms with Gasteiger partial charge in [-0.15, -0.1) is 0 Å². The molecule has 0 spiro atoms. The molecule has 4 aromatic rings. The molecule has 0 atom stereocenters. The van der Waals surface area contributed by atoms with Crippen LogP contribution in [0.5, 0.6) is 11.5 Å². The van der Waals surface area contributed by atoms with Crippen molar-refractivity contribution in [1.82, 2.24) is 20.0 Å². The van der Waals surface area contributed by atoms with Gasteiger partial charge in [0.2, 0.25) is 5.90 Å². The summed E-state index contributed by atoms with van der Waals surface area (Å²) >= 11 is 0. The molecular formula is C38H45N7O4. The van der Waals surface area contributed by atoms with Gasteiger partial charge in [0.15, 0.2) is 0 Å². The van der Waals surface area contributed by atoms with E-state index >= 15 is 0 Å². The van der Waals surface area contributed by atoms with Gasteiger partial charge in [0.05, 0.1) is 24.6 Å². The molecule has 0 aliphatic carbocycles. The van der Waals surface area contributed by atoms with Crippen molar-refractivity contribution in [1.29, 1.82) is 0 Å². The van der Waals surface area contributed by atoms with Crippen LogP contribution in [-0.2, 0) is 23.3 Å². The van der Waals surface area contributed by atoms with E-state index in [0.717, 1.165) is 33.8 Å². The number of amides is 2. The summed E-state index contributed by atoms with van der Waals surface area (Å²) in [6.45, 7) is 15.6. The van der Waals surface area contributed by atoms with Crippen LogP contribution in [0.1, 0.15) is 43.2 Å². The number of hydrogen-bond acceptors (Lipinski definition) is 8. The summed E-state index contributed by atoms with van der Waals surface area (Å²) in [6.07, 6.45) is 2.93. The number of aryl methyl sites for hydroxylation is 1. The number of carbonyl (C=O) groups excluding carboxylic acids is 1. The number of benzene rings is 3. The summed E-state index contributed by atoms with van der Waals surface area (Å²) < 4.78 is 19.5. The number of hydrogen-bond donors (Lipinski definition) is 3. The minimum atomic E-state index is -0.402. The number of morpholine rings is 1. The number of nitrogens with zero attached hydrogens (tertiary/aromatic N) is 4. The molecule has 0 radical (unpaired) electrons. The lowest BCUT2D eigenvalue weighted by Gasteiger charge is -2.28. The number of carbonyl (C=O) groups is 1. The van der Waals surface area contributed by atoms with Gasteiger partial charge in [-0.25, -0.2) is 9.48 Å². The van der Waals surface area contributed by atoms with Gasteiger partial charge in [-0.2, -0.15) is 10.1 Å². The molecule has 1 fully saturated rings. The smallest absolute Gasteiger partial charge is 0.320 e. The molecule has 0 unspecified atom stereocenters. The van der Waals surface area contributed by atoms with Crippen LogP contribution in [0.15, 0.2) is 109 Å². The number of aliphatic imine (C=N–C) groups is 1. The lowest BCUT2D eigenvalue weighted by molar-refractivity contribution is 0.0533. The van der Waals surface area contributed by atoms with E-state index in [1.807, 2.05) is 90.7 Å². The monoisotopic (exact) mass is 663 g/mol. The fourth-order valence-corrected chi connectivity index (χ4v) is 5.04. The van der Waals surface area contributed by atoms with E-state index in [9.17, 15) is 4.79 Å². The normalized spacial score (nSPS) is 13.7. The highest BCUT2D eigenvalue weighted by atomic mass is 16.5. The van der Waals surface area contributed by atoms with Gasteiger partial charge in [0, 0.05) is 48.8 Å². The largest absolute Gasteiger partial charge is 0.489 e. The van der Waals surface area contributed by atoms with Gasteiger partial charge in [-0.05, 0) is 36.4 Å². The van der Waals surface area contributed by atoms with Crippen molar-refractivity contribution in [2.45, 2.75) is 46.3 Å². The van der Waals surface area contributed by atoms with Gasteiger partial charge < -0.3 is 30.2 Å². The molecule has 2 heterocycles. The number of nitrogens with two attached hydrogens (primary N) is 1. The second-order valence-electron chi connectivity index (χ2n) is 12.6. The molecule has 1 saturated heterocycles. The Bertz CT molecular complexity index is 1800. The van der Waals surface area contributed by atoms with Crippen LogP contribution >= 0.6 is 0 Å². The summed E-state index contributed by atoms with van der Waals surface area (Å²) in [4.78, 5) is 19.9. The molecule has 1 aliphatic heterocycles. The molecule has 4 N–H and O–H groups in total. The van der Waals surface area contributed by atoms with Crippen LogP contribution in [0.2, 0.25) is 0 Å². The summed E-state index contributed by atoms with van der Waals surface area (Å²) in [5.41, 5.74) is 9.85. The maximum Gasteiger partial charge on any atom is 0.320 e. The number of para-hydroxylation sites is 1. The lowest BCUT2D eigenvalue weighted by Crippen LogP contribution is -2.35. The third kappa shape index (κ3) is 9.51. The van der Waals surface area contributed by atoms with Crippen LogP contribution in [-0.4, -0.2) is 52.9 Å². The van der Waals surface area contributed by atoms with E-state index in [0.29, 0.717) is 50.3 Å². The zero-order valence-corrected chi connectivity index (χ0v) is 28.6. The van der Waals surface area contributed by atoms with Crippen LogP contribution in [0.4, 0.5) is 10.6 Å². The minimum Gasteiger partial charge on any atom is -0.489 e. The van der Waals surface area contributed by atoms with Crippen LogP contribution < -0.4 is 25.8 Å². The zero-order valence-electron chi connectivity index (χ0n) is 28.6. The third-order valence-corrected chi connectivity index (χ3v) is 7.85. The Morgan fingerprint density at radius 2 is 1.78 bits per heavy atom. The number of nitrogens with one attached hydrogen (secondary N) is 2. The molecule has 11 heteroatoms. The quantitative estimate of drug-likeness (QED) is 0.125. The van der Waals surface area contributed by atoms with E-state index in [4.69, 9.17) is 25.0 Å². The van der Waals surface area contributed by atoms with Gasteiger partial charge in [-0.3, -0.25) is 5.32 Å². The zero-order chi connectivity index (χ0) is 34.8. The first-order valence-corrected chi connectivity index (χ1v) is 16.3. The maximum atomic E-state index is 13.4. The summed E-state index contributed by atoms with van der Waals surface area (Å²) in [5, 5.41) is 10.8. The molecule has 2 amide bonds. The van der Waals surface area contributed by atoms with E-state index in [1.165, 1.54) is 6.20 Å². The highest BCUT2D eigenvalue weighted by Gasteiger charge is 2.22. The Kier molecular flexibility index (Phi) is 11.4. The molecule has 11 nitrogen and oxygen atoms in total. The molecule has 3 aromatic carbocycles. The van der Waals surface area contributed by atoms with Crippen molar-refractivity contribution in [2.75, 3.05) is 31.6 Å². The minimum absolute atomic E-state index is 0.189. The Morgan fingerprint density at radius 1 is 1.04 bits per heavy atom. The number of rotatable bonds is 11. The molecule has 1 aliphatic rings. The van der Waals surface area contributed by atoms with Crippen molar-refractivity contribution in [3.8, 4) is 17.2 Å². The van der Waals surface area contributed by atoms with E-state index in [1.54, 1.807) is 10.8 Å². The maximum absolute atomic E-state index is 13.4. The Morgan fingerprint density at radius 3 is 2.51 bits per heavy atom. The number of urea groups is 1. The number of ether oxygens (including phenoxy) is 3. The van der Waals surface area contributed by atoms with E-state index < -0.39 is 6.03 Å². The van der Waals surface area contributed by atoms with Crippen molar-refractivity contribution in [2.24, 2.45) is 10.7 Å². The van der Waals surface area contributed by atoms with Gasteiger partial charge in [0.1, 0.15) is 29.7 Å². The highest BCUT2D eigenvalue weighted by Crippen LogP contribution is 2.29. The van der Waals surface area contributed by atoms with Gasteiger partial charge >= 0.3 is 6.03 Å². The first kappa shape index (κ1) is 34.8. The predicted octanol–water partition coefficient (Wildman–Crippen LogP) is 6.43. The second kappa shape index (κ2) is 16.0. The highest BCUT2D eigenvalue weighted by molar-refractivity contribution is 5.90. The molecule has 49 heavy (non-hydrogen) atoms. The van der Waals surface area contributed by atoms with Crippen molar-refractivity contribution in [3.63, 3.8) is 0 Å². The average molecular weight is 664 g/mol. The average Bonchev–Trinajstić information content (AvgIpc) is 3.53. The summed E-state index contributed by atoms with van der Waals surface area (Å²) in [6, 6.07) is 24.8. The van der Waals surface area contributed by atoms with Crippen molar-refractivity contribution >= 4 is 17.7 Å². The van der Waals surface area contributed by atoms with Crippen LogP contribution in [0.3, 0.4) is 0 Å². The van der Waals surface area contributed by atoms with Crippen molar-refractivity contribution in [3.05, 3.63) is 126 Å². The van der Waals surface area contributed by atoms with Crippen LogP contribution in [0.25, 0.3) is 5.69 Å². The molecular weight excluding hydrogens is 618 g/mol. The van der Waals surface area contributed by atoms with E-state index in [2.05, 4.69) is 43.0 Å². The van der Waals surface area contributed by atoms with Crippen molar-refractivity contribution < 1.29 is 19.0 Å².